The Morgan fingerprint density at radius 2 is 1.16 bits per heavy atom. The van der Waals surface area contributed by atoms with Crippen LogP contribution in [0, 0.1) is 29.5 Å². The molecule has 11 N–H and O–H groups in total. The largest absolute Gasteiger partial charge is 0.481 e. The zero-order valence-corrected chi connectivity index (χ0v) is 35.3. The molecule has 0 fully saturated rings. The predicted molar refractivity (Wildman–Crippen MR) is 214 cm³/mol. The van der Waals surface area contributed by atoms with Crippen LogP contribution in [-0.4, -0.2) is 93.2 Å². The minimum absolute atomic E-state index is 0. The third kappa shape index (κ3) is 23.0. The summed E-state index contributed by atoms with van der Waals surface area (Å²) in [6.07, 6.45) is -0.602. The first kappa shape index (κ1) is 54.0. The molecule has 0 saturated carbocycles. The second-order valence-corrected chi connectivity index (χ2v) is 15.8. The topological polar surface area (TPSA) is 258 Å². The SMILES string of the molecule is CC(C)CC(=O)N[C@@H](Cc1ccc(F)cc1)C(=O)N[C@H](C(=O)N[C@@H](CC(C)C)[C@H](C)O)C(C)C.CCC(=O)N[C@@H](C)C(=O)N[C@@H](CC(C)C)[C@@H](O)CC(=O)O.N. The maximum Gasteiger partial charge on any atom is 0.306 e. The van der Waals surface area contributed by atoms with Gasteiger partial charge in [0.2, 0.25) is 29.5 Å². The lowest BCUT2D eigenvalue weighted by atomic mass is 9.97. The van der Waals surface area contributed by atoms with Crippen LogP contribution in [0.3, 0.4) is 0 Å². The normalized spacial score (nSPS) is 14.8. The molecule has 0 aliphatic carbocycles. The Bertz CT molecular complexity index is 1360. The molecule has 0 spiro atoms. The van der Waals surface area contributed by atoms with Gasteiger partial charge < -0.3 is 48.1 Å². The Morgan fingerprint density at radius 1 is 0.643 bits per heavy atom. The lowest BCUT2D eigenvalue weighted by molar-refractivity contribution is -0.140. The first-order chi connectivity index (χ1) is 25.5. The summed E-state index contributed by atoms with van der Waals surface area (Å²) in [4.78, 5) is 72.6. The number of nitrogens with one attached hydrogen (secondary N) is 5. The van der Waals surface area contributed by atoms with Gasteiger partial charge in [-0.05, 0) is 68.1 Å². The third-order valence-electron chi connectivity index (χ3n) is 8.47. The fourth-order valence-electron chi connectivity index (χ4n) is 5.49. The molecule has 0 radical (unpaired) electrons. The number of benzene rings is 1. The molecule has 0 heterocycles. The highest BCUT2D eigenvalue weighted by atomic mass is 19.1. The number of hydrogen-bond acceptors (Lipinski definition) is 9. The van der Waals surface area contributed by atoms with E-state index >= 15 is 0 Å². The molecule has 0 aliphatic heterocycles. The van der Waals surface area contributed by atoms with Crippen molar-refractivity contribution in [2.75, 3.05) is 0 Å². The Balaban J connectivity index is 0. The summed E-state index contributed by atoms with van der Waals surface area (Å²) in [6.45, 7) is 20.1. The number of rotatable bonds is 22. The molecule has 56 heavy (non-hydrogen) atoms. The van der Waals surface area contributed by atoms with Crippen molar-refractivity contribution in [3.05, 3.63) is 35.6 Å². The van der Waals surface area contributed by atoms with Crippen molar-refractivity contribution < 1.29 is 48.5 Å². The molecule has 0 bridgehead atoms. The summed E-state index contributed by atoms with van der Waals surface area (Å²) in [5.41, 5.74) is 0.683. The van der Waals surface area contributed by atoms with Crippen LogP contribution < -0.4 is 32.7 Å². The summed E-state index contributed by atoms with van der Waals surface area (Å²) in [6, 6.07) is 2.13. The van der Waals surface area contributed by atoms with Crippen molar-refractivity contribution in [3.8, 4) is 0 Å². The monoisotopic (exact) mass is 799 g/mol. The van der Waals surface area contributed by atoms with Crippen LogP contribution >= 0.6 is 0 Å². The smallest absolute Gasteiger partial charge is 0.306 e. The summed E-state index contributed by atoms with van der Waals surface area (Å²) >= 11 is 0. The van der Waals surface area contributed by atoms with E-state index < -0.39 is 66.6 Å². The number of carbonyl (C=O) groups excluding carboxylic acids is 5. The average Bonchev–Trinajstić information content (AvgIpc) is 3.05. The molecular weight excluding hydrogens is 727 g/mol. The summed E-state index contributed by atoms with van der Waals surface area (Å²) < 4.78 is 13.3. The lowest BCUT2D eigenvalue weighted by Crippen LogP contribution is -2.58. The van der Waals surface area contributed by atoms with Gasteiger partial charge in [0.05, 0.1) is 30.7 Å². The van der Waals surface area contributed by atoms with Gasteiger partial charge in [0.25, 0.3) is 0 Å². The van der Waals surface area contributed by atoms with Gasteiger partial charge in [0, 0.05) is 19.3 Å². The second-order valence-electron chi connectivity index (χ2n) is 15.8. The fraction of sp³-hybridized carbons (Fsp3) is 0.700. The van der Waals surface area contributed by atoms with E-state index in [1.165, 1.54) is 12.1 Å². The summed E-state index contributed by atoms with van der Waals surface area (Å²) in [7, 11) is 0. The van der Waals surface area contributed by atoms with E-state index in [4.69, 9.17) is 5.11 Å². The van der Waals surface area contributed by atoms with Gasteiger partial charge in [-0.25, -0.2) is 4.39 Å². The van der Waals surface area contributed by atoms with Crippen LogP contribution in [0.15, 0.2) is 24.3 Å². The number of halogens is 1. The van der Waals surface area contributed by atoms with Crippen LogP contribution in [0.25, 0.3) is 0 Å². The van der Waals surface area contributed by atoms with Gasteiger partial charge in [-0.1, -0.05) is 74.4 Å². The van der Waals surface area contributed by atoms with Crippen LogP contribution in [0.1, 0.15) is 114 Å². The van der Waals surface area contributed by atoms with Crippen molar-refractivity contribution in [2.45, 2.75) is 157 Å². The summed E-state index contributed by atoms with van der Waals surface area (Å²) in [5, 5.41) is 42.3. The quantitative estimate of drug-likeness (QED) is 0.0826. The molecule has 0 aliphatic rings. The molecule has 1 aromatic rings. The Labute approximate surface area is 332 Å². The molecule has 1 rings (SSSR count). The minimum atomic E-state index is -1.16. The number of aliphatic carboxylic acids is 1. The molecule has 7 atom stereocenters. The van der Waals surface area contributed by atoms with E-state index in [0.29, 0.717) is 18.4 Å². The van der Waals surface area contributed by atoms with Gasteiger partial charge in [-0.3, -0.25) is 28.8 Å². The van der Waals surface area contributed by atoms with Crippen LogP contribution in [-0.2, 0) is 35.2 Å². The molecule has 0 aromatic heterocycles. The highest BCUT2D eigenvalue weighted by Gasteiger charge is 2.31. The Kier molecular flexibility index (Phi) is 26.4. The van der Waals surface area contributed by atoms with E-state index in [0.717, 1.165) is 0 Å². The second kappa shape index (κ2) is 27.4. The molecule has 15 nitrogen and oxygen atoms in total. The van der Waals surface area contributed by atoms with Gasteiger partial charge >= 0.3 is 5.97 Å². The van der Waals surface area contributed by atoms with E-state index in [1.54, 1.807) is 32.9 Å². The van der Waals surface area contributed by atoms with Crippen LogP contribution in [0.4, 0.5) is 4.39 Å². The molecule has 0 unspecified atom stereocenters. The maximum atomic E-state index is 13.3. The Morgan fingerprint density at radius 3 is 1.61 bits per heavy atom. The van der Waals surface area contributed by atoms with Crippen molar-refractivity contribution in [3.63, 3.8) is 0 Å². The molecular formula is C40H71FN6O9. The zero-order chi connectivity index (χ0) is 42.6. The molecule has 5 amide bonds. The highest BCUT2D eigenvalue weighted by Crippen LogP contribution is 2.13. The first-order valence-corrected chi connectivity index (χ1v) is 19.3. The van der Waals surface area contributed by atoms with E-state index in [1.807, 2.05) is 55.4 Å². The summed E-state index contributed by atoms with van der Waals surface area (Å²) in [5.74, 6) is -3.02. The standard InChI is InChI=1S/C26H42FN3O4.C14H26N2O5.H3N/c1-15(2)12-21(18(7)31)29-26(34)24(17(5)6)30-25(33)22(28-23(32)13-16(3)4)14-19-8-10-20(27)11-9-19;1-5-12(18)15-9(4)14(21)16-10(6-8(2)3)11(17)7-13(19)20;/h8-11,15-18,21-22,24,31H,12-14H2,1-7H3,(H,28,32)(H,29,34)(H,30,33);8-11,17H,5-7H2,1-4H3,(H,15,18)(H,16,21)(H,19,20);1H3/t18-,21-,22-,24-;9-,10-,11-;/m00./s1. The van der Waals surface area contributed by atoms with E-state index in [2.05, 4.69) is 26.6 Å². The van der Waals surface area contributed by atoms with Crippen LogP contribution in [0.5, 0.6) is 0 Å². The average molecular weight is 799 g/mol. The number of aliphatic hydroxyl groups excluding tert-OH is 2. The number of hydrogen-bond donors (Lipinski definition) is 9. The first-order valence-electron chi connectivity index (χ1n) is 19.3. The fourth-order valence-corrected chi connectivity index (χ4v) is 5.49. The zero-order valence-electron chi connectivity index (χ0n) is 35.3. The van der Waals surface area contributed by atoms with Crippen molar-refractivity contribution >= 4 is 35.5 Å². The molecule has 322 valence electrons. The van der Waals surface area contributed by atoms with E-state index in [-0.39, 0.29) is 72.6 Å². The van der Waals surface area contributed by atoms with Gasteiger partial charge in [-0.15, -0.1) is 0 Å². The molecule has 0 saturated heterocycles. The van der Waals surface area contributed by atoms with Gasteiger partial charge in [0.15, 0.2) is 0 Å². The van der Waals surface area contributed by atoms with E-state index in [9.17, 15) is 43.4 Å². The predicted octanol–water partition coefficient (Wildman–Crippen LogP) is 3.38. The van der Waals surface area contributed by atoms with Crippen molar-refractivity contribution in [2.24, 2.45) is 23.7 Å². The Hall–Kier alpha value is -4.15. The van der Waals surface area contributed by atoms with Crippen molar-refractivity contribution in [1.82, 2.24) is 32.7 Å². The van der Waals surface area contributed by atoms with Crippen LogP contribution in [0.2, 0.25) is 0 Å². The van der Waals surface area contributed by atoms with Crippen molar-refractivity contribution in [1.29, 1.82) is 0 Å². The number of carboxylic acids is 1. The number of amides is 5. The molecule has 16 heteroatoms. The number of carboxylic acid groups (broad SMARTS) is 1. The minimum Gasteiger partial charge on any atom is -0.481 e. The molecule has 1 aromatic carbocycles. The third-order valence-corrected chi connectivity index (χ3v) is 8.47. The van der Waals surface area contributed by atoms with Gasteiger partial charge in [0.1, 0.15) is 23.9 Å². The lowest BCUT2D eigenvalue weighted by Gasteiger charge is -2.29. The highest BCUT2D eigenvalue weighted by molar-refractivity contribution is 5.92. The van der Waals surface area contributed by atoms with Gasteiger partial charge in [-0.2, -0.15) is 0 Å². The number of aliphatic hydroxyl groups is 2. The number of carbonyl (C=O) groups is 6. The maximum absolute atomic E-state index is 13.3.